The first-order valence-corrected chi connectivity index (χ1v) is 12.2. The summed E-state index contributed by atoms with van der Waals surface area (Å²) in [4.78, 5) is 13.1. The van der Waals surface area contributed by atoms with Gasteiger partial charge in [0.15, 0.2) is 11.5 Å². The molecule has 0 aromatic heterocycles. The van der Waals surface area contributed by atoms with E-state index in [0.717, 1.165) is 5.56 Å². The fraction of sp³-hybridized carbons (Fsp3) is 0.240. The second kappa shape index (κ2) is 11.5. The van der Waals surface area contributed by atoms with Gasteiger partial charge >= 0.3 is 0 Å². The predicted molar refractivity (Wildman–Crippen MR) is 130 cm³/mol. The van der Waals surface area contributed by atoms with E-state index in [1.807, 2.05) is 37.3 Å². The van der Waals surface area contributed by atoms with Crippen LogP contribution in [0, 0.1) is 0 Å². The summed E-state index contributed by atoms with van der Waals surface area (Å²) in [5.41, 5.74) is 1.33. The molecule has 3 rings (SSSR count). The van der Waals surface area contributed by atoms with Gasteiger partial charge in [0, 0.05) is 11.8 Å². The molecule has 3 aromatic rings. The van der Waals surface area contributed by atoms with Gasteiger partial charge in [0.05, 0.1) is 25.7 Å². The Morgan fingerprint density at radius 3 is 2.21 bits per heavy atom. The molecule has 0 heterocycles. The highest BCUT2D eigenvalue weighted by Gasteiger charge is 2.27. The van der Waals surface area contributed by atoms with Crippen molar-refractivity contribution < 1.29 is 27.4 Å². The monoisotopic (exact) mass is 484 g/mol. The number of anilines is 1. The van der Waals surface area contributed by atoms with E-state index < -0.39 is 22.0 Å². The summed E-state index contributed by atoms with van der Waals surface area (Å²) in [6.07, 6.45) is 0.163. The Bertz CT molecular complexity index is 1200. The highest BCUT2D eigenvalue weighted by atomic mass is 32.2. The zero-order valence-electron chi connectivity index (χ0n) is 19.3. The summed E-state index contributed by atoms with van der Waals surface area (Å²) in [6, 6.07) is 19.2. The van der Waals surface area contributed by atoms with E-state index in [0.29, 0.717) is 23.8 Å². The summed E-state index contributed by atoms with van der Waals surface area (Å²) < 4.78 is 44.7. The Morgan fingerprint density at radius 1 is 0.912 bits per heavy atom. The third-order valence-electron chi connectivity index (χ3n) is 4.99. The summed E-state index contributed by atoms with van der Waals surface area (Å²) in [5.74, 6) is 0.854. The molecule has 0 saturated heterocycles. The lowest BCUT2D eigenvalue weighted by Gasteiger charge is -2.19. The van der Waals surface area contributed by atoms with E-state index in [1.165, 1.54) is 32.4 Å². The third-order valence-corrected chi connectivity index (χ3v) is 6.46. The lowest BCUT2D eigenvalue weighted by atomic mass is 10.1. The van der Waals surface area contributed by atoms with Crippen LogP contribution >= 0.6 is 0 Å². The van der Waals surface area contributed by atoms with Gasteiger partial charge in [-0.25, -0.2) is 8.42 Å². The minimum Gasteiger partial charge on any atom is -0.494 e. The zero-order chi connectivity index (χ0) is 24.6. The average Bonchev–Trinajstić information content (AvgIpc) is 2.85. The zero-order valence-corrected chi connectivity index (χ0v) is 20.1. The molecule has 1 amide bonds. The van der Waals surface area contributed by atoms with Gasteiger partial charge in [0.1, 0.15) is 11.8 Å². The van der Waals surface area contributed by atoms with Crippen LogP contribution in [0.2, 0.25) is 0 Å². The van der Waals surface area contributed by atoms with Gasteiger partial charge in [0.2, 0.25) is 15.9 Å². The highest BCUT2D eigenvalue weighted by Crippen LogP contribution is 2.29. The van der Waals surface area contributed by atoms with E-state index in [-0.39, 0.29) is 17.1 Å². The number of hydrogen-bond acceptors (Lipinski definition) is 6. The smallest absolute Gasteiger partial charge is 0.242 e. The van der Waals surface area contributed by atoms with Crippen LogP contribution in [0.4, 0.5) is 5.69 Å². The largest absolute Gasteiger partial charge is 0.494 e. The van der Waals surface area contributed by atoms with Gasteiger partial charge in [0.25, 0.3) is 0 Å². The number of nitrogens with one attached hydrogen (secondary N) is 2. The number of hydrogen-bond donors (Lipinski definition) is 2. The van der Waals surface area contributed by atoms with Crippen molar-refractivity contribution in [2.75, 3.05) is 26.1 Å². The molecule has 8 nitrogen and oxygen atoms in total. The van der Waals surface area contributed by atoms with Crippen LogP contribution in [0.1, 0.15) is 12.5 Å². The first-order chi connectivity index (χ1) is 16.4. The SMILES string of the molecule is CCOc1ccc(NC(=O)[C@@H](Cc2ccccc2)NS(=O)(=O)c2ccc(OC)c(OC)c2)cc1. The molecule has 0 spiro atoms. The molecular formula is C25H28N2O6S. The van der Waals surface area contributed by atoms with Crippen molar-refractivity contribution in [2.45, 2.75) is 24.3 Å². The van der Waals surface area contributed by atoms with Crippen molar-refractivity contribution in [3.63, 3.8) is 0 Å². The number of carbonyl (C=O) groups excluding carboxylic acids is 1. The highest BCUT2D eigenvalue weighted by molar-refractivity contribution is 7.89. The Morgan fingerprint density at radius 2 is 1.59 bits per heavy atom. The molecule has 2 N–H and O–H groups in total. The van der Waals surface area contributed by atoms with Crippen molar-refractivity contribution in [2.24, 2.45) is 0 Å². The van der Waals surface area contributed by atoms with Crippen molar-refractivity contribution in [1.29, 1.82) is 0 Å². The van der Waals surface area contributed by atoms with Crippen molar-refractivity contribution in [3.05, 3.63) is 78.4 Å². The lowest BCUT2D eigenvalue weighted by molar-refractivity contribution is -0.117. The van der Waals surface area contributed by atoms with E-state index >= 15 is 0 Å². The van der Waals surface area contributed by atoms with Gasteiger partial charge in [-0.2, -0.15) is 4.72 Å². The molecule has 0 aliphatic heterocycles. The number of rotatable bonds is 11. The summed E-state index contributed by atoms with van der Waals surface area (Å²) >= 11 is 0. The number of benzene rings is 3. The fourth-order valence-corrected chi connectivity index (χ4v) is 4.52. The third kappa shape index (κ3) is 6.49. The number of carbonyl (C=O) groups is 1. The van der Waals surface area contributed by atoms with E-state index in [4.69, 9.17) is 14.2 Å². The lowest BCUT2D eigenvalue weighted by Crippen LogP contribution is -2.45. The van der Waals surface area contributed by atoms with E-state index in [1.54, 1.807) is 24.3 Å². The van der Waals surface area contributed by atoms with E-state index in [2.05, 4.69) is 10.0 Å². The Kier molecular flexibility index (Phi) is 8.50. The molecule has 0 saturated carbocycles. The summed E-state index contributed by atoms with van der Waals surface area (Å²) in [6.45, 7) is 2.41. The van der Waals surface area contributed by atoms with Crippen LogP contribution < -0.4 is 24.2 Å². The number of amides is 1. The summed E-state index contributed by atoms with van der Waals surface area (Å²) in [7, 11) is -1.17. The number of sulfonamides is 1. The maximum atomic E-state index is 13.2. The molecule has 0 aliphatic carbocycles. The van der Waals surface area contributed by atoms with Crippen molar-refractivity contribution in [1.82, 2.24) is 4.72 Å². The summed E-state index contributed by atoms with van der Waals surface area (Å²) in [5, 5.41) is 2.78. The standard InChI is InChI=1S/C25H28N2O6S/c1-4-33-20-12-10-19(11-13-20)26-25(28)22(16-18-8-6-5-7-9-18)27-34(29,30)21-14-15-23(31-2)24(17-21)32-3/h5-15,17,22,27H,4,16H2,1-3H3,(H,26,28)/t22-/m1/s1. The minimum atomic E-state index is -4.05. The van der Waals surface area contributed by atoms with Gasteiger partial charge in [-0.05, 0) is 55.3 Å². The average molecular weight is 485 g/mol. The molecule has 0 aliphatic rings. The first kappa shape index (κ1) is 25.1. The molecule has 3 aromatic carbocycles. The second-order valence-electron chi connectivity index (χ2n) is 7.33. The second-order valence-corrected chi connectivity index (χ2v) is 9.04. The van der Waals surface area contributed by atoms with Crippen LogP contribution in [0.25, 0.3) is 0 Å². The topological polar surface area (TPSA) is 103 Å². The first-order valence-electron chi connectivity index (χ1n) is 10.7. The molecule has 0 radical (unpaired) electrons. The molecule has 0 bridgehead atoms. The quantitative estimate of drug-likeness (QED) is 0.431. The Hall–Kier alpha value is -3.56. The molecule has 0 unspecified atom stereocenters. The minimum absolute atomic E-state index is 0.0444. The van der Waals surface area contributed by atoms with Gasteiger partial charge in [-0.15, -0.1) is 0 Å². The molecule has 1 atom stereocenters. The van der Waals surface area contributed by atoms with Gasteiger partial charge < -0.3 is 19.5 Å². The van der Waals surface area contributed by atoms with Crippen molar-refractivity contribution >= 4 is 21.6 Å². The predicted octanol–water partition coefficient (Wildman–Crippen LogP) is 3.63. The van der Waals surface area contributed by atoms with Crippen LogP contribution in [0.3, 0.4) is 0 Å². The Balaban J connectivity index is 1.85. The van der Waals surface area contributed by atoms with Gasteiger partial charge in [-0.1, -0.05) is 30.3 Å². The number of ether oxygens (including phenoxy) is 3. The molecule has 34 heavy (non-hydrogen) atoms. The Labute approximate surface area is 199 Å². The van der Waals surface area contributed by atoms with Crippen LogP contribution in [-0.2, 0) is 21.2 Å². The molecule has 0 fully saturated rings. The molecular weight excluding hydrogens is 456 g/mol. The van der Waals surface area contributed by atoms with Crippen molar-refractivity contribution in [3.8, 4) is 17.2 Å². The fourth-order valence-electron chi connectivity index (χ4n) is 3.31. The van der Waals surface area contributed by atoms with Crippen LogP contribution in [0.5, 0.6) is 17.2 Å². The van der Waals surface area contributed by atoms with Gasteiger partial charge in [-0.3, -0.25) is 4.79 Å². The number of methoxy groups -OCH3 is 2. The van der Waals surface area contributed by atoms with E-state index in [9.17, 15) is 13.2 Å². The van der Waals surface area contributed by atoms with Crippen LogP contribution in [0.15, 0.2) is 77.7 Å². The normalized spacial score (nSPS) is 12.0. The maximum Gasteiger partial charge on any atom is 0.242 e. The molecule has 180 valence electrons. The maximum absolute atomic E-state index is 13.2. The van der Waals surface area contributed by atoms with Crippen LogP contribution in [-0.4, -0.2) is 41.2 Å². The molecule has 9 heteroatoms.